The average Bonchev–Trinajstić information content (AvgIpc) is 2.65. The zero-order chi connectivity index (χ0) is 20.3. The summed E-state index contributed by atoms with van der Waals surface area (Å²) >= 11 is 0. The maximum Gasteiger partial charge on any atom is 0.270 e. The van der Waals surface area contributed by atoms with Crippen LogP contribution < -0.4 is 16.2 Å². The average molecular weight is 380 g/mol. The first kappa shape index (κ1) is 18.8. The summed E-state index contributed by atoms with van der Waals surface area (Å²) in [5, 5.41) is 16.7. The molecule has 0 bridgehead atoms. The van der Waals surface area contributed by atoms with Crippen LogP contribution in [-0.2, 0) is 16.1 Å². The van der Waals surface area contributed by atoms with Gasteiger partial charge < -0.3 is 10.6 Å². The Morgan fingerprint density at radius 3 is 2.25 bits per heavy atom. The Labute approximate surface area is 158 Å². The largest absolute Gasteiger partial charge is 0.326 e. The molecule has 0 aliphatic carbocycles. The number of hydrogen-bond donors (Lipinski definition) is 2. The van der Waals surface area contributed by atoms with Crippen LogP contribution in [0.15, 0.2) is 59.4 Å². The van der Waals surface area contributed by atoms with Crippen molar-refractivity contribution in [2.24, 2.45) is 0 Å². The van der Waals surface area contributed by atoms with Crippen molar-refractivity contribution in [3.8, 4) is 0 Å². The lowest BCUT2D eigenvalue weighted by Crippen LogP contribution is -2.27. The molecule has 0 unspecified atom stereocenters. The van der Waals surface area contributed by atoms with E-state index >= 15 is 0 Å². The highest BCUT2D eigenvalue weighted by atomic mass is 16.6. The Kier molecular flexibility index (Phi) is 5.16. The van der Waals surface area contributed by atoms with Crippen molar-refractivity contribution in [1.82, 2.24) is 4.57 Å². The molecule has 0 aliphatic rings. The molecule has 1 aromatic heterocycles. The van der Waals surface area contributed by atoms with Gasteiger partial charge in [0, 0.05) is 41.9 Å². The number of pyridine rings is 1. The molecule has 0 fully saturated rings. The number of amides is 2. The maximum absolute atomic E-state index is 12.4. The fraction of sp³-hybridized carbons (Fsp3) is 0.105. The number of rotatable bonds is 5. The van der Waals surface area contributed by atoms with Gasteiger partial charge in [-0.05, 0) is 36.4 Å². The van der Waals surface area contributed by atoms with Crippen LogP contribution >= 0.6 is 0 Å². The van der Waals surface area contributed by atoms with E-state index in [1.807, 2.05) is 0 Å². The molecule has 28 heavy (non-hydrogen) atoms. The number of nitro groups is 1. The topological polar surface area (TPSA) is 123 Å². The Morgan fingerprint density at radius 2 is 1.64 bits per heavy atom. The van der Waals surface area contributed by atoms with Gasteiger partial charge in [0.15, 0.2) is 0 Å². The van der Waals surface area contributed by atoms with Gasteiger partial charge in [-0.3, -0.25) is 29.1 Å². The summed E-state index contributed by atoms with van der Waals surface area (Å²) in [6.45, 7) is 1.15. The number of aromatic nitrogens is 1. The first-order valence-corrected chi connectivity index (χ1v) is 8.29. The third-order valence-corrected chi connectivity index (χ3v) is 3.97. The molecule has 2 aromatic carbocycles. The zero-order valence-corrected chi connectivity index (χ0v) is 14.8. The van der Waals surface area contributed by atoms with Gasteiger partial charge in [0.1, 0.15) is 6.54 Å². The zero-order valence-electron chi connectivity index (χ0n) is 14.8. The molecule has 9 heteroatoms. The molecule has 0 spiro atoms. The van der Waals surface area contributed by atoms with E-state index < -0.39 is 16.4 Å². The second-order valence-corrected chi connectivity index (χ2v) is 6.06. The van der Waals surface area contributed by atoms with Crippen LogP contribution in [0.3, 0.4) is 0 Å². The van der Waals surface area contributed by atoms with Gasteiger partial charge in [0.25, 0.3) is 11.2 Å². The Hall–Kier alpha value is -4.01. The number of nitrogens with one attached hydrogen (secondary N) is 2. The lowest BCUT2D eigenvalue weighted by Gasteiger charge is -2.11. The molecule has 2 amide bonds. The molecule has 2 N–H and O–H groups in total. The number of carbonyl (C=O) groups excluding carboxylic acids is 2. The van der Waals surface area contributed by atoms with Crippen LogP contribution in [-0.4, -0.2) is 21.3 Å². The molecular weight excluding hydrogens is 364 g/mol. The van der Waals surface area contributed by atoms with E-state index in [2.05, 4.69) is 10.6 Å². The molecule has 142 valence electrons. The number of nitrogens with zero attached hydrogens (tertiary/aromatic N) is 2. The monoisotopic (exact) mass is 380 g/mol. The smallest absolute Gasteiger partial charge is 0.270 e. The summed E-state index contributed by atoms with van der Waals surface area (Å²) in [7, 11) is 0. The summed E-state index contributed by atoms with van der Waals surface area (Å²) in [6, 6.07) is 13.4. The second kappa shape index (κ2) is 7.70. The molecule has 3 aromatic rings. The number of fused-ring (bicyclic) bond motifs is 1. The Bertz CT molecular complexity index is 1140. The number of non-ortho nitro benzene ring substituents is 1. The van der Waals surface area contributed by atoms with Crippen LogP contribution in [0.25, 0.3) is 10.9 Å². The molecule has 3 rings (SSSR count). The quantitative estimate of drug-likeness (QED) is 0.520. The molecule has 0 atom stereocenters. The Balaban J connectivity index is 1.81. The molecule has 0 saturated carbocycles. The number of carbonyl (C=O) groups is 2. The molecule has 0 saturated heterocycles. The number of anilines is 2. The lowest BCUT2D eigenvalue weighted by atomic mass is 10.2. The van der Waals surface area contributed by atoms with Crippen LogP contribution in [0.5, 0.6) is 0 Å². The van der Waals surface area contributed by atoms with E-state index in [9.17, 15) is 24.5 Å². The van der Waals surface area contributed by atoms with Gasteiger partial charge in [0.2, 0.25) is 11.8 Å². The first-order valence-electron chi connectivity index (χ1n) is 8.29. The van der Waals surface area contributed by atoms with E-state index in [-0.39, 0.29) is 18.1 Å². The number of benzene rings is 2. The van der Waals surface area contributed by atoms with E-state index in [4.69, 9.17) is 0 Å². The van der Waals surface area contributed by atoms with Gasteiger partial charge in [-0.1, -0.05) is 0 Å². The summed E-state index contributed by atoms with van der Waals surface area (Å²) in [5.41, 5.74) is 1.04. The van der Waals surface area contributed by atoms with E-state index in [1.54, 1.807) is 24.3 Å². The predicted octanol–water partition coefficient (Wildman–Crippen LogP) is 2.51. The fourth-order valence-electron chi connectivity index (χ4n) is 2.75. The molecule has 1 heterocycles. The summed E-state index contributed by atoms with van der Waals surface area (Å²) < 4.78 is 1.25. The van der Waals surface area contributed by atoms with Gasteiger partial charge >= 0.3 is 0 Å². The third-order valence-electron chi connectivity index (χ3n) is 3.97. The van der Waals surface area contributed by atoms with Crippen molar-refractivity contribution < 1.29 is 14.5 Å². The number of nitro benzene ring substituents is 1. The fourth-order valence-corrected chi connectivity index (χ4v) is 2.75. The molecule has 0 radical (unpaired) electrons. The lowest BCUT2D eigenvalue weighted by molar-refractivity contribution is -0.384. The normalized spacial score (nSPS) is 10.5. The molecular formula is C19H16N4O5. The maximum atomic E-state index is 12.4. The highest BCUT2D eigenvalue weighted by Crippen LogP contribution is 2.20. The standard InChI is InChI=1S/C19H16N4O5/c1-12(24)20-14-3-5-15(6-4-14)21-18(25)11-22-17-8-7-16(23(27)28)10-13(17)2-9-19(22)26/h2-10H,11H2,1H3,(H,20,24)(H,21,25). The number of hydrogen-bond acceptors (Lipinski definition) is 5. The predicted molar refractivity (Wildman–Crippen MR) is 104 cm³/mol. The van der Waals surface area contributed by atoms with Gasteiger partial charge in [-0.25, -0.2) is 0 Å². The van der Waals surface area contributed by atoms with Gasteiger partial charge in [0.05, 0.1) is 10.4 Å². The summed E-state index contributed by atoms with van der Waals surface area (Å²) in [6.07, 6.45) is 0. The summed E-state index contributed by atoms with van der Waals surface area (Å²) in [5.74, 6) is -0.632. The van der Waals surface area contributed by atoms with E-state index in [0.29, 0.717) is 22.3 Å². The van der Waals surface area contributed by atoms with Crippen LogP contribution in [0, 0.1) is 10.1 Å². The highest BCUT2D eigenvalue weighted by molar-refractivity contribution is 5.93. The highest BCUT2D eigenvalue weighted by Gasteiger charge is 2.12. The van der Waals surface area contributed by atoms with Crippen molar-refractivity contribution in [2.45, 2.75) is 13.5 Å². The van der Waals surface area contributed by atoms with Crippen molar-refractivity contribution in [2.75, 3.05) is 10.6 Å². The van der Waals surface area contributed by atoms with Gasteiger partial charge in [-0.15, -0.1) is 0 Å². The molecule has 9 nitrogen and oxygen atoms in total. The summed E-state index contributed by atoms with van der Waals surface area (Å²) in [4.78, 5) is 46.0. The van der Waals surface area contributed by atoms with Gasteiger partial charge in [-0.2, -0.15) is 0 Å². The minimum Gasteiger partial charge on any atom is -0.326 e. The minimum absolute atomic E-state index is 0.0959. The molecule has 0 aliphatic heterocycles. The van der Waals surface area contributed by atoms with Crippen molar-refractivity contribution in [3.05, 3.63) is 75.1 Å². The van der Waals surface area contributed by atoms with Crippen LogP contribution in [0.4, 0.5) is 17.1 Å². The van der Waals surface area contributed by atoms with Crippen molar-refractivity contribution in [3.63, 3.8) is 0 Å². The van der Waals surface area contributed by atoms with Crippen LogP contribution in [0.1, 0.15) is 6.92 Å². The first-order chi connectivity index (χ1) is 13.3. The minimum atomic E-state index is -0.522. The second-order valence-electron chi connectivity index (χ2n) is 6.06. The van der Waals surface area contributed by atoms with Crippen molar-refractivity contribution >= 4 is 39.8 Å². The Morgan fingerprint density at radius 1 is 1.00 bits per heavy atom. The van der Waals surface area contributed by atoms with Crippen molar-refractivity contribution in [1.29, 1.82) is 0 Å². The van der Waals surface area contributed by atoms with Crippen LogP contribution in [0.2, 0.25) is 0 Å². The van der Waals surface area contributed by atoms with E-state index in [0.717, 1.165) is 0 Å². The third kappa shape index (κ3) is 4.21. The SMILES string of the molecule is CC(=O)Nc1ccc(NC(=O)Cn2c(=O)ccc3cc([N+](=O)[O-])ccc32)cc1. The van der Waals surface area contributed by atoms with E-state index in [1.165, 1.54) is 41.8 Å².